The monoisotopic (exact) mass is 185 g/mol. The maximum absolute atomic E-state index is 10.7. The largest absolute Gasteiger partial charge is 0.453 e. The molecule has 12 heavy (non-hydrogen) atoms. The number of rotatable bonds is 2. The van der Waals surface area contributed by atoms with Crippen LogP contribution >= 0.6 is 11.3 Å². The first-order valence-corrected chi connectivity index (χ1v) is 4.41. The summed E-state index contributed by atoms with van der Waals surface area (Å²) < 4.78 is 4.43. The van der Waals surface area contributed by atoms with Crippen LogP contribution < -0.4 is 5.32 Å². The highest BCUT2D eigenvalue weighted by Gasteiger charge is 1.99. The number of carbonyl (C=O) groups excluding carboxylic acids is 1. The van der Waals surface area contributed by atoms with E-state index in [1.165, 1.54) is 12.0 Å². The number of nitrogens with one attached hydrogen (secondary N) is 1. The molecule has 0 bridgehead atoms. The average molecular weight is 185 g/mol. The Labute approximate surface area is 75.4 Å². The molecule has 0 atom stereocenters. The van der Waals surface area contributed by atoms with E-state index in [4.69, 9.17) is 0 Å². The van der Waals surface area contributed by atoms with Crippen molar-refractivity contribution in [3.05, 3.63) is 21.9 Å². The minimum absolute atomic E-state index is 0.388. The van der Waals surface area contributed by atoms with Crippen molar-refractivity contribution in [2.45, 2.75) is 13.5 Å². The zero-order valence-electron chi connectivity index (χ0n) is 7.09. The maximum atomic E-state index is 10.7. The van der Waals surface area contributed by atoms with Crippen LogP contribution in [0.3, 0.4) is 0 Å². The molecule has 0 aliphatic carbocycles. The van der Waals surface area contributed by atoms with Gasteiger partial charge in [0, 0.05) is 9.75 Å². The fraction of sp³-hybridized carbons (Fsp3) is 0.375. The molecule has 1 aromatic heterocycles. The van der Waals surface area contributed by atoms with Gasteiger partial charge in [-0.2, -0.15) is 0 Å². The molecule has 0 aliphatic rings. The van der Waals surface area contributed by atoms with Gasteiger partial charge in [-0.1, -0.05) is 0 Å². The van der Waals surface area contributed by atoms with Gasteiger partial charge in [0.05, 0.1) is 13.7 Å². The Morgan fingerprint density at radius 3 is 2.92 bits per heavy atom. The van der Waals surface area contributed by atoms with Crippen molar-refractivity contribution in [2.75, 3.05) is 7.11 Å². The molecule has 0 saturated carbocycles. The van der Waals surface area contributed by atoms with Gasteiger partial charge in [-0.15, -0.1) is 11.3 Å². The lowest BCUT2D eigenvalue weighted by Gasteiger charge is -1.99. The van der Waals surface area contributed by atoms with Gasteiger partial charge in [0.25, 0.3) is 0 Å². The van der Waals surface area contributed by atoms with Crippen molar-refractivity contribution in [3.63, 3.8) is 0 Å². The summed E-state index contributed by atoms with van der Waals surface area (Å²) in [6, 6.07) is 4.02. The van der Waals surface area contributed by atoms with Crippen molar-refractivity contribution in [1.82, 2.24) is 5.32 Å². The molecule has 0 saturated heterocycles. The van der Waals surface area contributed by atoms with Gasteiger partial charge in [-0.05, 0) is 19.1 Å². The van der Waals surface area contributed by atoms with E-state index >= 15 is 0 Å². The number of hydrogen-bond acceptors (Lipinski definition) is 3. The van der Waals surface area contributed by atoms with Gasteiger partial charge in [-0.3, -0.25) is 0 Å². The highest BCUT2D eigenvalue weighted by molar-refractivity contribution is 7.11. The third-order valence-electron chi connectivity index (χ3n) is 1.39. The fourth-order valence-corrected chi connectivity index (χ4v) is 1.64. The molecule has 0 unspecified atom stereocenters. The van der Waals surface area contributed by atoms with E-state index in [9.17, 15) is 4.79 Å². The van der Waals surface area contributed by atoms with E-state index in [1.54, 1.807) is 11.3 Å². The van der Waals surface area contributed by atoms with Crippen LogP contribution in [0.5, 0.6) is 0 Å². The first kappa shape index (κ1) is 9.06. The summed E-state index contributed by atoms with van der Waals surface area (Å²) >= 11 is 1.67. The minimum atomic E-state index is -0.388. The van der Waals surface area contributed by atoms with Crippen molar-refractivity contribution < 1.29 is 9.53 Å². The van der Waals surface area contributed by atoms with Gasteiger partial charge in [-0.25, -0.2) is 4.79 Å². The van der Waals surface area contributed by atoms with Crippen LogP contribution in [0.4, 0.5) is 4.79 Å². The smallest absolute Gasteiger partial charge is 0.407 e. The third kappa shape index (κ3) is 2.54. The highest BCUT2D eigenvalue weighted by atomic mass is 32.1. The van der Waals surface area contributed by atoms with Crippen LogP contribution in [-0.2, 0) is 11.3 Å². The Balaban J connectivity index is 2.38. The summed E-state index contributed by atoms with van der Waals surface area (Å²) in [5, 5.41) is 2.61. The molecule has 4 heteroatoms. The predicted octanol–water partition coefficient (Wildman–Crippen LogP) is 1.91. The lowest BCUT2D eigenvalue weighted by atomic mass is 10.4. The molecule has 66 valence electrons. The number of alkyl carbamates (subject to hydrolysis) is 1. The van der Waals surface area contributed by atoms with E-state index in [0.29, 0.717) is 6.54 Å². The number of thiophene rings is 1. The van der Waals surface area contributed by atoms with Crippen LogP contribution in [0.25, 0.3) is 0 Å². The summed E-state index contributed by atoms with van der Waals surface area (Å²) in [6.45, 7) is 2.58. The number of methoxy groups -OCH3 is 1. The normalized spacial score (nSPS) is 9.50. The number of hydrogen-bond donors (Lipinski definition) is 1. The van der Waals surface area contributed by atoms with E-state index in [2.05, 4.69) is 10.1 Å². The maximum Gasteiger partial charge on any atom is 0.407 e. The number of carbonyl (C=O) groups is 1. The summed E-state index contributed by atoms with van der Waals surface area (Å²) in [5.41, 5.74) is 0. The standard InChI is InChI=1S/C8H11NO2S/c1-6-3-4-7(12-6)5-9-8(10)11-2/h3-4H,5H2,1-2H3,(H,9,10). The molecule has 0 spiro atoms. The molecule has 1 aromatic rings. The lowest BCUT2D eigenvalue weighted by molar-refractivity contribution is 0.170. The summed E-state index contributed by atoms with van der Waals surface area (Å²) in [6.07, 6.45) is -0.388. The summed E-state index contributed by atoms with van der Waals surface area (Å²) in [5.74, 6) is 0. The third-order valence-corrected chi connectivity index (χ3v) is 2.39. The number of amides is 1. The van der Waals surface area contributed by atoms with Crippen molar-refractivity contribution in [1.29, 1.82) is 0 Å². The topological polar surface area (TPSA) is 38.3 Å². The molecule has 1 rings (SSSR count). The van der Waals surface area contributed by atoms with E-state index < -0.39 is 0 Å². The molecule has 0 radical (unpaired) electrons. The van der Waals surface area contributed by atoms with Crippen LogP contribution in [0, 0.1) is 6.92 Å². The van der Waals surface area contributed by atoms with Gasteiger partial charge in [0.15, 0.2) is 0 Å². The second kappa shape index (κ2) is 4.11. The van der Waals surface area contributed by atoms with Crippen molar-refractivity contribution in [3.8, 4) is 0 Å². The van der Waals surface area contributed by atoms with Gasteiger partial charge < -0.3 is 10.1 Å². The first-order chi connectivity index (χ1) is 5.72. The zero-order valence-corrected chi connectivity index (χ0v) is 7.90. The zero-order chi connectivity index (χ0) is 8.97. The number of aryl methyl sites for hydroxylation is 1. The Bertz CT molecular complexity index is 270. The molecular formula is C8H11NO2S. The van der Waals surface area contributed by atoms with Crippen LogP contribution in [0.2, 0.25) is 0 Å². The number of ether oxygens (including phenoxy) is 1. The van der Waals surface area contributed by atoms with Gasteiger partial charge in [0.1, 0.15) is 0 Å². The second-order valence-electron chi connectivity index (χ2n) is 2.36. The highest BCUT2D eigenvalue weighted by Crippen LogP contribution is 2.14. The van der Waals surface area contributed by atoms with E-state index in [1.807, 2.05) is 19.1 Å². The molecule has 0 aliphatic heterocycles. The fourth-order valence-electron chi connectivity index (χ4n) is 0.812. The van der Waals surface area contributed by atoms with Crippen molar-refractivity contribution >= 4 is 17.4 Å². The van der Waals surface area contributed by atoms with E-state index in [0.717, 1.165) is 4.88 Å². The van der Waals surface area contributed by atoms with Crippen LogP contribution in [0.15, 0.2) is 12.1 Å². The Morgan fingerprint density at radius 1 is 1.67 bits per heavy atom. The average Bonchev–Trinajstić information content (AvgIpc) is 2.47. The van der Waals surface area contributed by atoms with E-state index in [-0.39, 0.29) is 6.09 Å². The summed E-state index contributed by atoms with van der Waals surface area (Å²) in [7, 11) is 1.36. The van der Waals surface area contributed by atoms with Crippen molar-refractivity contribution in [2.24, 2.45) is 0 Å². The molecule has 0 fully saturated rings. The minimum Gasteiger partial charge on any atom is -0.453 e. The Kier molecular flexibility index (Phi) is 3.10. The Hall–Kier alpha value is -1.03. The van der Waals surface area contributed by atoms with Crippen LogP contribution in [-0.4, -0.2) is 13.2 Å². The molecule has 3 nitrogen and oxygen atoms in total. The molecular weight excluding hydrogens is 174 g/mol. The second-order valence-corrected chi connectivity index (χ2v) is 3.73. The SMILES string of the molecule is COC(=O)NCc1ccc(C)s1. The van der Waals surface area contributed by atoms with Crippen LogP contribution in [0.1, 0.15) is 9.75 Å². The first-order valence-electron chi connectivity index (χ1n) is 3.59. The lowest BCUT2D eigenvalue weighted by Crippen LogP contribution is -2.21. The summed E-state index contributed by atoms with van der Waals surface area (Å²) in [4.78, 5) is 13.0. The molecule has 1 heterocycles. The molecule has 1 amide bonds. The van der Waals surface area contributed by atoms with Gasteiger partial charge in [0.2, 0.25) is 0 Å². The quantitative estimate of drug-likeness (QED) is 0.764. The predicted molar refractivity (Wildman–Crippen MR) is 48.3 cm³/mol. The Morgan fingerprint density at radius 2 is 2.42 bits per heavy atom. The van der Waals surface area contributed by atoms with Gasteiger partial charge >= 0.3 is 6.09 Å². The molecule has 0 aromatic carbocycles. The molecule has 1 N–H and O–H groups in total.